The maximum Gasteiger partial charge on any atom is 0.378 e. The lowest BCUT2D eigenvalue weighted by molar-refractivity contribution is 0.0512. The summed E-state index contributed by atoms with van der Waals surface area (Å²) in [6.45, 7) is 2.15. The van der Waals surface area contributed by atoms with Crippen molar-refractivity contribution in [1.29, 1.82) is 0 Å². The summed E-state index contributed by atoms with van der Waals surface area (Å²) in [5, 5.41) is 4.14. The molecule has 3 rings (SSSR count). The van der Waals surface area contributed by atoms with Gasteiger partial charge in [-0.15, -0.1) is 5.10 Å². The minimum Gasteiger partial charge on any atom is -0.460 e. The third-order valence-corrected chi connectivity index (χ3v) is 3.86. The quantitative estimate of drug-likeness (QED) is 0.745. The summed E-state index contributed by atoms with van der Waals surface area (Å²) in [6.07, 6.45) is 3.80. The van der Waals surface area contributed by atoms with Gasteiger partial charge in [-0.05, 0) is 38.0 Å². The minimum atomic E-state index is -0.419. The van der Waals surface area contributed by atoms with Crippen molar-refractivity contribution in [1.82, 2.24) is 14.8 Å². The Morgan fingerprint density at radius 1 is 1.41 bits per heavy atom. The molecule has 2 aliphatic carbocycles. The topological polar surface area (TPSA) is 57.0 Å². The third-order valence-electron chi connectivity index (χ3n) is 3.86. The number of fused-ring (bicyclic) bond motifs is 1. The van der Waals surface area contributed by atoms with E-state index in [4.69, 9.17) is 4.74 Å². The predicted octanol–water partition coefficient (Wildman–Crippen LogP) is 1.51. The average Bonchev–Trinajstić information content (AvgIpc) is 2.75. The Bertz CT molecular complexity index is 445. The zero-order chi connectivity index (χ0) is 12.0. The van der Waals surface area contributed by atoms with Crippen molar-refractivity contribution < 1.29 is 9.53 Å². The normalized spacial score (nSPS) is 30.1. The van der Waals surface area contributed by atoms with Gasteiger partial charge in [-0.3, -0.25) is 4.68 Å². The highest BCUT2D eigenvalue weighted by Gasteiger charge is 2.47. The van der Waals surface area contributed by atoms with E-state index in [2.05, 4.69) is 10.1 Å². The van der Waals surface area contributed by atoms with Crippen LogP contribution in [-0.4, -0.2) is 27.3 Å². The lowest BCUT2D eigenvalue weighted by atomic mass is 10.0. The van der Waals surface area contributed by atoms with Crippen LogP contribution in [0.1, 0.15) is 48.5 Å². The van der Waals surface area contributed by atoms with Crippen molar-refractivity contribution in [3.63, 3.8) is 0 Å². The number of ether oxygens (including phenoxy) is 1. The minimum absolute atomic E-state index is 0.199. The molecule has 5 heteroatoms. The Labute approximate surface area is 100 Å². The number of rotatable bonds is 3. The molecule has 0 radical (unpaired) electrons. The maximum atomic E-state index is 11.5. The molecule has 1 aromatic heterocycles. The lowest BCUT2D eigenvalue weighted by Gasteiger charge is -2.09. The summed E-state index contributed by atoms with van der Waals surface area (Å²) in [7, 11) is 1.86. The van der Waals surface area contributed by atoms with Gasteiger partial charge in [0.2, 0.25) is 0 Å². The molecule has 0 spiro atoms. The number of esters is 1. The van der Waals surface area contributed by atoms with Crippen molar-refractivity contribution in [3.8, 4) is 0 Å². The zero-order valence-corrected chi connectivity index (χ0v) is 10.2. The monoisotopic (exact) mass is 235 g/mol. The fourth-order valence-corrected chi connectivity index (χ4v) is 2.96. The van der Waals surface area contributed by atoms with Crippen molar-refractivity contribution in [3.05, 3.63) is 11.6 Å². The van der Waals surface area contributed by atoms with Crippen molar-refractivity contribution in [2.75, 3.05) is 6.61 Å². The summed E-state index contributed by atoms with van der Waals surface area (Å²) in [5.41, 5.74) is 0. The Morgan fingerprint density at radius 3 is 2.76 bits per heavy atom. The predicted molar refractivity (Wildman–Crippen MR) is 60.5 cm³/mol. The summed E-state index contributed by atoms with van der Waals surface area (Å²) in [5.74, 6) is 3.02. The molecule has 1 aromatic rings. The molecule has 0 aromatic carbocycles. The first-order chi connectivity index (χ1) is 8.19. The first-order valence-corrected chi connectivity index (χ1v) is 6.27. The molecule has 0 aliphatic heterocycles. The Morgan fingerprint density at radius 2 is 2.12 bits per heavy atom. The van der Waals surface area contributed by atoms with Gasteiger partial charge in [-0.1, -0.05) is 0 Å². The Hall–Kier alpha value is -1.39. The highest BCUT2D eigenvalue weighted by molar-refractivity contribution is 5.85. The Balaban J connectivity index is 1.78. The summed E-state index contributed by atoms with van der Waals surface area (Å²) in [4.78, 5) is 15.9. The highest BCUT2D eigenvalue weighted by atomic mass is 16.5. The molecule has 1 heterocycles. The van der Waals surface area contributed by atoms with Gasteiger partial charge in [0.05, 0.1) is 6.61 Å². The maximum absolute atomic E-state index is 11.5. The van der Waals surface area contributed by atoms with Gasteiger partial charge in [-0.2, -0.15) is 0 Å². The molecular weight excluding hydrogens is 218 g/mol. The van der Waals surface area contributed by atoms with Crippen molar-refractivity contribution >= 4 is 5.97 Å². The number of carbonyl (C=O) groups is 1. The van der Waals surface area contributed by atoms with Gasteiger partial charge in [0.25, 0.3) is 5.82 Å². The second-order valence-electron chi connectivity index (χ2n) is 5.06. The third kappa shape index (κ3) is 1.83. The molecule has 2 saturated carbocycles. The van der Waals surface area contributed by atoms with Crippen LogP contribution < -0.4 is 0 Å². The molecule has 0 N–H and O–H groups in total. The van der Waals surface area contributed by atoms with E-state index in [1.54, 1.807) is 11.6 Å². The number of hydrogen-bond acceptors (Lipinski definition) is 4. The van der Waals surface area contributed by atoms with Gasteiger partial charge in [-0.25, -0.2) is 9.78 Å². The SMILES string of the molecule is CCOC(=O)c1nc(C2CC3CC3C2)n(C)n1. The second-order valence-corrected chi connectivity index (χ2v) is 5.06. The Kier molecular flexibility index (Phi) is 2.42. The average molecular weight is 235 g/mol. The molecule has 2 atom stereocenters. The lowest BCUT2D eigenvalue weighted by Crippen LogP contribution is -2.07. The van der Waals surface area contributed by atoms with Gasteiger partial charge in [0, 0.05) is 13.0 Å². The van der Waals surface area contributed by atoms with Crippen LogP contribution in [0.5, 0.6) is 0 Å². The molecule has 5 nitrogen and oxygen atoms in total. The fourth-order valence-electron chi connectivity index (χ4n) is 2.96. The standard InChI is InChI=1S/C12H17N3O2/c1-3-17-12(16)10-13-11(15(2)14-10)9-5-7-4-8(7)6-9/h7-9H,3-6H2,1-2H3. The molecule has 92 valence electrons. The number of aromatic nitrogens is 3. The van der Waals surface area contributed by atoms with E-state index >= 15 is 0 Å². The van der Waals surface area contributed by atoms with Gasteiger partial charge in [0.15, 0.2) is 0 Å². The van der Waals surface area contributed by atoms with E-state index in [1.807, 2.05) is 7.05 Å². The highest BCUT2D eigenvalue weighted by Crippen LogP contribution is 2.57. The first-order valence-electron chi connectivity index (χ1n) is 6.27. The summed E-state index contributed by atoms with van der Waals surface area (Å²) >= 11 is 0. The fraction of sp³-hybridized carbons (Fsp3) is 0.750. The number of hydrogen-bond donors (Lipinski definition) is 0. The van der Waals surface area contributed by atoms with E-state index in [1.165, 1.54) is 19.3 Å². The van der Waals surface area contributed by atoms with Crippen LogP contribution in [0.3, 0.4) is 0 Å². The van der Waals surface area contributed by atoms with Crippen molar-refractivity contribution in [2.45, 2.75) is 32.1 Å². The molecule has 2 fully saturated rings. The summed E-state index contributed by atoms with van der Waals surface area (Å²) < 4.78 is 6.65. The molecule has 2 unspecified atom stereocenters. The molecular formula is C12H17N3O2. The van der Waals surface area contributed by atoms with E-state index in [0.717, 1.165) is 17.7 Å². The van der Waals surface area contributed by atoms with E-state index in [0.29, 0.717) is 12.5 Å². The van der Waals surface area contributed by atoms with Crippen LogP contribution in [0, 0.1) is 11.8 Å². The van der Waals surface area contributed by atoms with E-state index < -0.39 is 5.97 Å². The van der Waals surface area contributed by atoms with Crippen molar-refractivity contribution in [2.24, 2.45) is 18.9 Å². The number of carbonyl (C=O) groups excluding carboxylic acids is 1. The van der Waals surface area contributed by atoms with Crippen LogP contribution in [0.15, 0.2) is 0 Å². The molecule has 0 amide bonds. The smallest absolute Gasteiger partial charge is 0.378 e. The van der Waals surface area contributed by atoms with Gasteiger partial charge >= 0.3 is 5.97 Å². The first kappa shape index (κ1) is 10.7. The number of nitrogens with zero attached hydrogens (tertiary/aromatic N) is 3. The van der Waals surface area contributed by atoms with Gasteiger partial charge in [0.1, 0.15) is 5.82 Å². The van der Waals surface area contributed by atoms with Crippen LogP contribution in [-0.2, 0) is 11.8 Å². The second kappa shape index (κ2) is 3.82. The van der Waals surface area contributed by atoms with Crippen LogP contribution >= 0.6 is 0 Å². The molecule has 2 aliphatic rings. The van der Waals surface area contributed by atoms with Crippen LogP contribution in [0.4, 0.5) is 0 Å². The van der Waals surface area contributed by atoms with Crippen LogP contribution in [0.25, 0.3) is 0 Å². The molecule has 0 saturated heterocycles. The zero-order valence-electron chi connectivity index (χ0n) is 10.2. The molecule has 17 heavy (non-hydrogen) atoms. The van der Waals surface area contributed by atoms with Crippen LogP contribution in [0.2, 0.25) is 0 Å². The number of aryl methyl sites for hydroxylation is 1. The largest absolute Gasteiger partial charge is 0.460 e. The van der Waals surface area contributed by atoms with Gasteiger partial charge < -0.3 is 4.74 Å². The van der Waals surface area contributed by atoms with E-state index in [9.17, 15) is 4.79 Å². The summed E-state index contributed by atoms with van der Waals surface area (Å²) in [6, 6.07) is 0. The van der Waals surface area contributed by atoms with E-state index in [-0.39, 0.29) is 5.82 Å². The molecule has 0 bridgehead atoms.